The highest BCUT2D eigenvalue weighted by Crippen LogP contribution is 2.29. The molecule has 1 unspecified atom stereocenters. The lowest BCUT2D eigenvalue weighted by Crippen LogP contribution is -2.39. The van der Waals surface area contributed by atoms with Gasteiger partial charge in [0.25, 0.3) is 0 Å². The molecule has 0 fully saturated rings. The van der Waals surface area contributed by atoms with E-state index in [1.54, 1.807) is 0 Å². The van der Waals surface area contributed by atoms with Crippen LogP contribution in [-0.2, 0) is 6.42 Å². The summed E-state index contributed by atoms with van der Waals surface area (Å²) in [6.45, 7) is 4.54. The maximum Gasteiger partial charge on any atom is 0.0587 e. The van der Waals surface area contributed by atoms with Crippen molar-refractivity contribution in [2.45, 2.75) is 51.6 Å². The monoisotopic (exact) mass is 247 g/mol. The first kappa shape index (κ1) is 13.6. The second kappa shape index (κ2) is 6.35. The van der Waals surface area contributed by atoms with Gasteiger partial charge >= 0.3 is 0 Å². The van der Waals surface area contributed by atoms with Gasteiger partial charge in [-0.1, -0.05) is 44.5 Å². The minimum Gasteiger partial charge on any atom is -0.395 e. The Morgan fingerprint density at radius 2 is 2.06 bits per heavy atom. The molecule has 1 aromatic carbocycles. The number of hydrogen-bond donors (Lipinski definition) is 2. The average Bonchev–Trinajstić information content (AvgIpc) is 2.58. The van der Waals surface area contributed by atoms with Gasteiger partial charge in [-0.3, -0.25) is 0 Å². The van der Waals surface area contributed by atoms with Crippen LogP contribution in [0.15, 0.2) is 24.3 Å². The van der Waals surface area contributed by atoms with Gasteiger partial charge in [-0.15, -0.1) is 0 Å². The minimum atomic E-state index is 0.196. The molecule has 18 heavy (non-hydrogen) atoms. The SMILES string of the molecule is CC(C)[C@@H](CO)NC1CCCCc2ccccc21. The van der Waals surface area contributed by atoms with Gasteiger partial charge in [-0.2, -0.15) is 0 Å². The summed E-state index contributed by atoms with van der Waals surface area (Å²) in [5.74, 6) is 0.463. The van der Waals surface area contributed by atoms with Gasteiger partial charge in [0.05, 0.1) is 6.61 Å². The molecule has 0 saturated carbocycles. The third-order valence-electron chi connectivity index (χ3n) is 4.04. The Kier molecular flexibility index (Phi) is 4.79. The van der Waals surface area contributed by atoms with Gasteiger partial charge in [-0.25, -0.2) is 0 Å². The van der Waals surface area contributed by atoms with Crippen molar-refractivity contribution >= 4 is 0 Å². The standard InChI is InChI=1S/C16H25NO/c1-12(2)16(11-18)17-15-10-6-4-8-13-7-3-5-9-14(13)15/h3,5,7,9,12,15-18H,4,6,8,10-11H2,1-2H3/t15?,16-/m1/s1. The first-order valence-corrected chi connectivity index (χ1v) is 7.17. The molecule has 2 nitrogen and oxygen atoms in total. The molecule has 0 aliphatic heterocycles. The fraction of sp³-hybridized carbons (Fsp3) is 0.625. The van der Waals surface area contributed by atoms with Crippen LogP contribution in [0.5, 0.6) is 0 Å². The lowest BCUT2D eigenvalue weighted by Gasteiger charge is -2.27. The number of aliphatic hydroxyl groups is 1. The fourth-order valence-corrected chi connectivity index (χ4v) is 2.81. The normalized spacial score (nSPS) is 21.4. The van der Waals surface area contributed by atoms with Crippen LogP contribution >= 0.6 is 0 Å². The van der Waals surface area contributed by atoms with Crippen LogP contribution in [0.1, 0.15) is 50.3 Å². The van der Waals surface area contributed by atoms with Crippen molar-refractivity contribution in [1.82, 2.24) is 5.32 Å². The van der Waals surface area contributed by atoms with E-state index in [1.807, 2.05) is 0 Å². The molecule has 0 amide bonds. The van der Waals surface area contributed by atoms with Crippen molar-refractivity contribution in [2.24, 2.45) is 5.92 Å². The van der Waals surface area contributed by atoms with Crippen LogP contribution in [0.25, 0.3) is 0 Å². The van der Waals surface area contributed by atoms with E-state index in [-0.39, 0.29) is 12.6 Å². The van der Waals surface area contributed by atoms with E-state index >= 15 is 0 Å². The lowest BCUT2D eigenvalue weighted by atomic mass is 9.96. The molecule has 2 heteroatoms. The predicted molar refractivity (Wildman–Crippen MR) is 75.6 cm³/mol. The summed E-state index contributed by atoms with van der Waals surface area (Å²) in [5, 5.41) is 13.1. The van der Waals surface area contributed by atoms with Crippen molar-refractivity contribution in [3.8, 4) is 0 Å². The molecule has 0 spiro atoms. The van der Waals surface area contributed by atoms with Crippen LogP contribution in [0.3, 0.4) is 0 Å². The largest absolute Gasteiger partial charge is 0.395 e. The molecule has 2 N–H and O–H groups in total. The molecule has 100 valence electrons. The Bertz CT molecular complexity index is 375. The summed E-state index contributed by atoms with van der Waals surface area (Å²) in [7, 11) is 0. The van der Waals surface area contributed by atoms with Crippen molar-refractivity contribution in [1.29, 1.82) is 0 Å². The van der Waals surface area contributed by atoms with Gasteiger partial charge in [0.15, 0.2) is 0 Å². The third-order valence-corrected chi connectivity index (χ3v) is 4.04. The molecule has 0 radical (unpaired) electrons. The Morgan fingerprint density at radius 1 is 1.28 bits per heavy atom. The highest BCUT2D eigenvalue weighted by atomic mass is 16.3. The second-order valence-electron chi connectivity index (χ2n) is 5.70. The number of benzene rings is 1. The highest BCUT2D eigenvalue weighted by Gasteiger charge is 2.22. The molecule has 2 rings (SSSR count). The Morgan fingerprint density at radius 3 is 2.78 bits per heavy atom. The summed E-state index contributed by atoms with van der Waals surface area (Å²) >= 11 is 0. The van der Waals surface area contributed by atoms with Crippen molar-refractivity contribution < 1.29 is 5.11 Å². The van der Waals surface area contributed by atoms with E-state index in [2.05, 4.69) is 43.4 Å². The summed E-state index contributed by atoms with van der Waals surface area (Å²) in [6, 6.07) is 9.35. The van der Waals surface area contributed by atoms with Crippen molar-refractivity contribution in [3.05, 3.63) is 35.4 Å². The summed E-state index contributed by atoms with van der Waals surface area (Å²) in [5.41, 5.74) is 2.92. The van der Waals surface area contributed by atoms with Crippen molar-refractivity contribution in [3.63, 3.8) is 0 Å². The van der Waals surface area contributed by atoms with Gasteiger partial charge in [-0.05, 0) is 36.3 Å². The minimum absolute atomic E-state index is 0.196. The number of aliphatic hydroxyl groups excluding tert-OH is 1. The molecular formula is C16H25NO. The van der Waals surface area contributed by atoms with Crippen LogP contribution in [0, 0.1) is 5.92 Å². The molecule has 1 aliphatic carbocycles. The molecule has 1 aromatic rings. The molecule has 2 atom stereocenters. The first-order chi connectivity index (χ1) is 8.72. The summed E-state index contributed by atoms with van der Waals surface area (Å²) in [6.07, 6.45) is 4.92. The topological polar surface area (TPSA) is 32.3 Å². The molecule has 0 saturated heterocycles. The van der Waals surface area contributed by atoms with Gasteiger partial charge in [0.2, 0.25) is 0 Å². The number of nitrogens with one attached hydrogen (secondary N) is 1. The zero-order valence-electron chi connectivity index (χ0n) is 11.5. The quantitative estimate of drug-likeness (QED) is 0.801. The van der Waals surface area contributed by atoms with E-state index < -0.39 is 0 Å². The van der Waals surface area contributed by atoms with E-state index in [4.69, 9.17) is 0 Å². The predicted octanol–water partition coefficient (Wildman–Crippen LogP) is 3.06. The summed E-state index contributed by atoms with van der Waals surface area (Å²) in [4.78, 5) is 0. The number of rotatable bonds is 4. The van der Waals surface area contributed by atoms with Gasteiger partial charge < -0.3 is 10.4 Å². The van der Waals surface area contributed by atoms with Crippen molar-refractivity contribution in [2.75, 3.05) is 6.61 Å². The smallest absolute Gasteiger partial charge is 0.0587 e. The van der Waals surface area contributed by atoms with Crippen LogP contribution in [-0.4, -0.2) is 17.8 Å². The number of aryl methyl sites for hydroxylation is 1. The number of fused-ring (bicyclic) bond motifs is 1. The molecule has 0 heterocycles. The van der Waals surface area contributed by atoms with Crippen LogP contribution in [0.4, 0.5) is 0 Å². The first-order valence-electron chi connectivity index (χ1n) is 7.17. The third kappa shape index (κ3) is 3.12. The lowest BCUT2D eigenvalue weighted by molar-refractivity contribution is 0.196. The molecule has 1 aliphatic rings. The Balaban J connectivity index is 2.17. The maximum absolute atomic E-state index is 9.48. The Labute approximate surface area is 110 Å². The second-order valence-corrected chi connectivity index (χ2v) is 5.70. The van der Waals surface area contributed by atoms with Crippen LogP contribution < -0.4 is 5.32 Å². The average molecular weight is 247 g/mol. The van der Waals surface area contributed by atoms with E-state index in [1.165, 1.54) is 36.8 Å². The maximum atomic E-state index is 9.48. The number of hydrogen-bond acceptors (Lipinski definition) is 2. The van der Waals surface area contributed by atoms with E-state index in [9.17, 15) is 5.11 Å². The van der Waals surface area contributed by atoms with E-state index in [0.717, 1.165) is 0 Å². The molecule has 0 bridgehead atoms. The molecular weight excluding hydrogens is 222 g/mol. The zero-order chi connectivity index (χ0) is 13.0. The van der Waals surface area contributed by atoms with Gasteiger partial charge in [0.1, 0.15) is 0 Å². The molecule has 0 aromatic heterocycles. The van der Waals surface area contributed by atoms with Gasteiger partial charge in [0, 0.05) is 12.1 Å². The summed E-state index contributed by atoms with van der Waals surface area (Å²) < 4.78 is 0. The van der Waals surface area contributed by atoms with E-state index in [0.29, 0.717) is 12.0 Å². The Hall–Kier alpha value is -0.860. The zero-order valence-corrected chi connectivity index (χ0v) is 11.5. The highest BCUT2D eigenvalue weighted by molar-refractivity contribution is 5.31. The fourth-order valence-electron chi connectivity index (χ4n) is 2.81. The van der Waals surface area contributed by atoms with Crippen LogP contribution in [0.2, 0.25) is 0 Å².